The summed E-state index contributed by atoms with van der Waals surface area (Å²) in [5.41, 5.74) is 3.54. The predicted molar refractivity (Wildman–Crippen MR) is 164 cm³/mol. The van der Waals surface area contributed by atoms with Crippen LogP contribution in [0.3, 0.4) is 0 Å². The van der Waals surface area contributed by atoms with Crippen LogP contribution in [0.15, 0.2) is 60.7 Å². The number of para-hydroxylation sites is 1. The molecule has 44 heavy (non-hydrogen) atoms. The lowest BCUT2D eigenvalue weighted by molar-refractivity contribution is -0.274. The van der Waals surface area contributed by atoms with Crippen molar-refractivity contribution in [3.8, 4) is 22.8 Å². The minimum Gasteiger partial charge on any atom is -0.489 e. The average Bonchev–Trinajstić information content (AvgIpc) is 3.56. The number of benzene rings is 3. The molecule has 0 spiro atoms. The number of alkyl halides is 3. The molecule has 3 aromatic carbocycles. The molecule has 0 atom stereocenters. The van der Waals surface area contributed by atoms with Gasteiger partial charge in [-0.05, 0) is 89.9 Å². The lowest BCUT2D eigenvalue weighted by atomic mass is 9.90. The second-order valence-corrected chi connectivity index (χ2v) is 12.8. The van der Waals surface area contributed by atoms with E-state index in [4.69, 9.17) is 16.3 Å². The van der Waals surface area contributed by atoms with Gasteiger partial charge in [0.2, 0.25) is 0 Å². The zero-order valence-corrected chi connectivity index (χ0v) is 25.2. The third-order valence-electron chi connectivity index (χ3n) is 7.83. The summed E-state index contributed by atoms with van der Waals surface area (Å²) in [4.78, 5) is 14.6. The van der Waals surface area contributed by atoms with Crippen LogP contribution in [0.25, 0.3) is 21.3 Å². The largest absolute Gasteiger partial charge is 0.573 e. The second kappa shape index (κ2) is 11.2. The molecule has 1 aliphatic heterocycles. The lowest BCUT2D eigenvalue weighted by Crippen LogP contribution is -2.45. The van der Waals surface area contributed by atoms with E-state index in [0.717, 1.165) is 52.3 Å². The van der Waals surface area contributed by atoms with Crippen molar-refractivity contribution in [2.75, 3.05) is 18.0 Å². The molecule has 3 heterocycles. The lowest BCUT2D eigenvalue weighted by Gasteiger charge is -2.41. The van der Waals surface area contributed by atoms with E-state index in [1.54, 1.807) is 24.3 Å². The summed E-state index contributed by atoms with van der Waals surface area (Å²) in [6.07, 6.45) is -2.80. The fourth-order valence-corrected chi connectivity index (χ4v) is 7.64. The summed E-state index contributed by atoms with van der Waals surface area (Å²) >= 11 is 9.18. The fraction of sp³-hybridized carbons (Fsp3) is 0.258. The number of ether oxygens (including phenoxy) is 2. The minimum absolute atomic E-state index is 0.0719. The SMILES string of the molecule is O=C(O)c1nsc2cc(N3CC(c4ccc(OCc5c(-c6ccccc6OC(F)(F)F)nsc5C5CC5)cc4Cl)C3)ccc12. The summed E-state index contributed by atoms with van der Waals surface area (Å²) in [7, 11) is 0. The van der Waals surface area contributed by atoms with Crippen molar-refractivity contribution in [1.82, 2.24) is 8.75 Å². The molecular formula is C31H23ClF3N3O4S2. The third kappa shape index (κ3) is 5.69. The smallest absolute Gasteiger partial charge is 0.489 e. The Hall–Kier alpha value is -3.87. The Morgan fingerprint density at radius 3 is 2.55 bits per heavy atom. The molecule has 1 aliphatic carbocycles. The molecule has 5 aromatic rings. The zero-order chi connectivity index (χ0) is 30.6. The Morgan fingerprint density at radius 1 is 1.02 bits per heavy atom. The maximum absolute atomic E-state index is 13.1. The van der Waals surface area contributed by atoms with Gasteiger partial charge in [-0.2, -0.15) is 8.75 Å². The van der Waals surface area contributed by atoms with Crippen molar-refractivity contribution >= 4 is 56.4 Å². The number of aromatic carboxylic acids is 1. The van der Waals surface area contributed by atoms with E-state index in [0.29, 0.717) is 27.8 Å². The quantitative estimate of drug-likeness (QED) is 0.170. The van der Waals surface area contributed by atoms with Crippen molar-refractivity contribution in [2.24, 2.45) is 0 Å². The van der Waals surface area contributed by atoms with Crippen LogP contribution in [0.5, 0.6) is 11.5 Å². The van der Waals surface area contributed by atoms with Gasteiger partial charge in [0, 0.05) is 51.1 Å². The van der Waals surface area contributed by atoms with Gasteiger partial charge in [-0.1, -0.05) is 29.8 Å². The van der Waals surface area contributed by atoms with E-state index in [9.17, 15) is 23.1 Å². The molecule has 0 unspecified atom stereocenters. The zero-order valence-electron chi connectivity index (χ0n) is 22.8. The molecule has 226 valence electrons. The van der Waals surface area contributed by atoms with Gasteiger partial charge in [0.25, 0.3) is 0 Å². The number of aromatic nitrogens is 2. The van der Waals surface area contributed by atoms with Crippen LogP contribution in [-0.2, 0) is 6.61 Å². The first kappa shape index (κ1) is 28.9. The van der Waals surface area contributed by atoms with Crippen molar-refractivity contribution in [3.05, 3.63) is 87.4 Å². The highest BCUT2D eigenvalue weighted by Crippen LogP contribution is 2.48. The second-order valence-electron chi connectivity index (χ2n) is 10.8. The number of rotatable bonds is 9. The monoisotopic (exact) mass is 657 g/mol. The van der Waals surface area contributed by atoms with E-state index < -0.39 is 12.3 Å². The fourth-order valence-electron chi connectivity index (χ4n) is 5.46. The number of fused-ring (bicyclic) bond motifs is 1. The van der Waals surface area contributed by atoms with Crippen LogP contribution in [-0.4, -0.2) is 39.3 Å². The average molecular weight is 658 g/mol. The molecule has 1 N–H and O–H groups in total. The summed E-state index contributed by atoms with van der Waals surface area (Å²) in [6, 6.07) is 17.3. The van der Waals surface area contributed by atoms with E-state index in [1.165, 1.54) is 35.2 Å². The first-order valence-electron chi connectivity index (χ1n) is 13.8. The Morgan fingerprint density at radius 2 is 1.82 bits per heavy atom. The van der Waals surface area contributed by atoms with Crippen LogP contribution in [0.2, 0.25) is 5.02 Å². The molecule has 2 aromatic heterocycles. The highest BCUT2D eigenvalue weighted by molar-refractivity contribution is 7.13. The van der Waals surface area contributed by atoms with Crippen LogP contribution in [0.4, 0.5) is 18.9 Å². The molecule has 1 saturated carbocycles. The van der Waals surface area contributed by atoms with E-state index in [1.807, 2.05) is 24.3 Å². The van der Waals surface area contributed by atoms with Gasteiger partial charge in [-0.15, -0.1) is 13.2 Å². The molecule has 0 radical (unpaired) electrons. The summed E-state index contributed by atoms with van der Waals surface area (Å²) in [5, 5.41) is 10.5. The topological polar surface area (TPSA) is 84.8 Å². The molecule has 0 bridgehead atoms. The highest BCUT2D eigenvalue weighted by Gasteiger charge is 2.35. The van der Waals surface area contributed by atoms with Gasteiger partial charge in [0.05, 0.1) is 10.4 Å². The number of hydrogen-bond donors (Lipinski definition) is 1. The van der Waals surface area contributed by atoms with Gasteiger partial charge in [0.1, 0.15) is 18.1 Å². The summed E-state index contributed by atoms with van der Waals surface area (Å²) in [6.45, 7) is 1.64. The third-order valence-corrected chi connectivity index (χ3v) is 10.0. The summed E-state index contributed by atoms with van der Waals surface area (Å²) in [5.74, 6) is -0.236. The molecule has 0 amide bonds. The molecule has 13 heteroatoms. The van der Waals surface area contributed by atoms with Crippen LogP contribution < -0.4 is 14.4 Å². The highest BCUT2D eigenvalue weighted by atomic mass is 35.5. The van der Waals surface area contributed by atoms with Crippen LogP contribution in [0, 0.1) is 0 Å². The first-order valence-corrected chi connectivity index (χ1v) is 15.7. The number of carbonyl (C=O) groups is 1. The molecule has 2 fully saturated rings. The van der Waals surface area contributed by atoms with E-state index >= 15 is 0 Å². The van der Waals surface area contributed by atoms with E-state index in [2.05, 4.69) is 18.4 Å². The Kier molecular flexibility index (Phi) is 7.38. The first-order chi connectivity index (χ1) is 21.1. The number of halogens is 4. The molecule has 7 nitrogen and oxygen atoms in total. The molecule has 2 aliphatic rings. The number of nitrogens with zero attached hydrogens (tertiary/aromatic N) is 3. The van der Waals surface area contributed by atoms with Crippen molar-refractivity contribution < 1.29 is 32.5 Å². The molecular weight excluding hydrogens is 635 g/mol. The van der Waals surface area contributed by atoms with Crippen molar-refractivity contribution in [1.29, 1.82) is 0 Å². The standard InChI is InChI=1S/C31H23ClF3N3O4S2/c32-24-12-19(8-10-20(24)17-13-38(14-17)18-7-9-22-26(11-18)43-37-28(22)30(39)40)41-15-23-27(36-44-29(23)16-5-6-16)21-3-1-2-4-25(21)42-31(33,34)35/h1-4,7-12,16-17H,5-6,13-15H2,(H,39,40). The summed E-state index contributed by atoms with van der Waals surface area (Å²) < 4.78 is 59.2. The van der Waals surface area contributed by atoms with Crippen LogP contribution in [0.1, 0.15) is 51.2 Å². The Labute approximate surface area is 262 Å². The Bertz CT molecular complexity index is 1880. The van der Waals surface area contributed by atoms with Gasteiger partial charge < -0.3 is 19.5 Å². The van der Waals surface area contributed by atoms with Crippen molar-refractivity contribution in [2.45, 2.75) is 37.6 Å². The van der Waals surface area contributed by atoms with Gasteiger partial charge >= 0.3 is 12.3 Å². The van der Waals surface area contributed by atoms with Crippen LogP contribution >= 0.6 is 34.7 Å². The van der Waals surface area contributed by atoms with Gasteiger partial charge in [-0.3, -0.25) is 0 Å². The van der Waals surface area contributed by atoms with Crippen molar-refractivity contribution in [3.63, 3.8) is 0 Å². The maximum Gasteiger partial charge on any atom is 0.573 e. The van der Waals surface area contributed by atoms with E-state index in [-0.39, 0.29) is 29.5 Å². The Balaban J connectivity index is 1.05. The normalized spacial score (nSPS) is 15.4. The maximum atomic E-state index is 13.1. The number of hydrogen-bond acceptors (Lipinski definition) is 8. The van der Waals surface area contributed by atoms with Gasteiger partial charge in [0.15, 0.2) is 5.69 Å². The predicted octanol–water partition coefficient (Wildman–Crippen LogP) is 8.73. The number of carboxylic acids is 1. The molecule has 7 rings (SSSR count). The number of anilines is 1. The minimum atomic E-state index is -4.82. The van der Waals surface area contributed by atoms with Gasteiger partial charge in [-0.25, -0.2) is 4.79 Å². The molecule has 1 saturated heterocycles. The number of carboxylic acid groups (broad SMARTS) is 1.